The fraction of sp³-hybridized carbons (Fsp3) is 0.414. The smallest absolute Gasteiger partial charge is 0.416 e. The van der Waals surface area contributed by atoms with E-state index in [9.17, 15) is 36.9 Å². The van der Waals surface area contributed by atoms with Gasteiger partial charge in [-0.3, -0.25) is 9.88 Å². The number of hydrogen-bond acceptors (Lipinski definition) is 8. The lowest BCUT2D eigenvalue weighted by Gasteiger charge is -2.36. The van der Waals surface area contributed by atoms with Crippen molar-refractivity contribution in [2.45, 2.75) is 48.8 Å². The minimum Gasteiger partial charge on any atom is -0.492 e. The summed E-state index contributed by atoms with van der Waals surface area (Å²) in [6.07, 6.45) is -5.81. The Morgan fingerprint density at radius 2 is 1.74 bits per heavy atom. The summed E-state index contributed by atoms with van der Waals surface area (Å²) in [5.41, 5.74) is -0.459. The van der Waals surface area contributed by atoms with E-state index in [2.05, 4.69) is 9.71 Å². The molecule has 226 valence electrons. The maximum atomic E-state index is 13.4. The van der Waals surface area contributed by atoms with Crippen molar-refractivity contribution >= 4 is 10.0 Å². The third-order valence-corrected chi connectivity index (χ3v) is 9.13. The molecule has 5 rings (SSSR count). The summed E-state index contributed by atoms with van der Waals surface area (Å²) in [5, 5.41) is 31.9. The molecule has 1 aliphatic heterocycles. The van der Waals surface area contributed by atoms with Gasteiger partial charge in [-0.15, -0.1) is 0 Å². The summed E-state index contributed by atoms with van der Waals surface area (Å²) in [6, 6.07) is 14.1. The molecule has 1 fully saturated rings. The SMILES string of the molecule is O=S1(=O)NC[C@H](O)CN(Cc2ccccn2)CC2(COc3cc(-c4cccc(C(F)(F)F)c4)ccc31)C[C@@H](O)[C@@H](O)C2. The number of nitrogens with one attached hydrogen (secondary N) is 1. The number of benzene rings is 2. The van der Waals surface area contributed by atoms with Gasteiger partial charge in [-0.05, 0) is 60.4 Å². The maximum Gasteiger partial charge on any atom is 0.416 e. The second kappa shape index (κ2) is 11.9. The van der Waals surface area contributed by atoms with Crippen molar-refractivity contribution in [3.05, 3.63) is 78.1 Å². The average Bonchev–Trinajstić information content (AvgIpc) is 3.22. The monoisotopic (exact) mass is 607 g/mol. The van der Waals surface area contributed by atoms with Gasteiger partial charge in [-0.1, -0.05) is 24.3 Å². The number of β-amino-alcohol motifs (C(OH)–C–C–N with tert-alkyl or cyclic N) is 1. The predicted molar refractivity (Wildman–Crippen MR) is 147 cm³/mol. The van der Waals surface area contributed by atoms with Crippen molar-refractivity contribution in [2.24, 2.45) is 5.41 Å². The number of sulfonamides is 1. The molecule has 2 heterocycles. The predicted octanol–water partition coefficient (Wildman–Crippen LogP) is 2.80. The van der Waals surface area contributed by atoms with E-state index in [0.717, 1.165) is 12.1 Å². The molecule has 9 nitrogen and oxygen atoms in total. The van der Waals surface area contributed by atoms with Gasteiger partial charge in [0.15, 0.2) is 0 Å². The van der Waals surface area contributed by atoms with Crippen molar-refractivity contribution in [1.29, 1.82) is 0 Å². The number of aromatic nitrogens is 1. The molecule has 3 aromatic rings. The Labute approximate surface area is 241 Å². The van der Waals surface area contributed by atoms with E-state index in [1.54, 1.807) is 12.3 Å². The first-order valence-corrected chi connectivity index (χ1v) is 14.9. The highest BCUT2D eigenvalue weighted by atomic mass is 32.2. The van der Waals surface area contributed by atoms with Gasteiger partial charge in [-0.2, -0.15) is 13.2 Å². The largest absolute Gasteiger partial charge is 0.492 e. The molecule has 4 N–H and O–H groups in total. The van der Waals surface area contributed by atoms with Crippen LogP contribution in [0.5, 0.6) is 5.75 Å². The zero-order valence-corrected chi connectivity index (χ0v) is 23.4. The van der Waals surface area contributed by atoms with E-state index in [1.807, 2.05) is 17.0 Å². The van der Waals surface area contributed by atoms with E-state index < -0.39 is 45.5 Å². The van der Waals surface area contributed by atoms with Crippen molar-refractivity contribution < 1.29 is 41.6 Å². The zero-order chi connectivity index (χ0) is 30.1. The van der Waals surface area contributed by atoms with Crippen molar-refractivity contribution in [3.63, 3.8) is 0 Å². The minimum atomic E-state index is -4.56. The second-order valence-corrected chi connectivity index (χ2v) is 12.8. The van der Waals surface area contributed by atoms with Crippen LogP contribution in [0, 0.1) is 5.41 Å². The van der Waals surface area contributed by atoms with E-state index in [4.69, 9.17) is 4.74 Å². The Kier molecular flexibility index (Phi) is 8.61. The first-order chi connectivity index (χ1) is 19.8. The number of nitrogens with zero attached hydrogens (tertiary/aromatic N) is 2. The number of aliphatic hydroxyl groups excluding tert-OH is 3. The second-order valence-electron chi connectivity index (χ2n) is 11.1. The summed E-state index contributed by atoms with van der Waals surface area (Å²) in [4.78, 5) is 5.99. The Morgan fingerprint density at radius 1 is 1.00 bits per heavy atom. The molecule has 1 unspecified atom stereocenters. The third kappa shape index (κ3) is 6.93. The fourth-order valence-electron chi connectivity index (χ4n) is 5.69. The van der Waals surface area contributed by atoms with E-state index in [1.165, 1.54) is 30.3 Å². The molecule has 0 bridgehead atoms. The number of pyridine rings is 1. The van der Waals surface area contributed by atoms with Gasteiger partial charge in [-0.25, -0.2) is 13.1 Å². The van der Waals surface area contributed by atoms with Crippen LogP contribution in [0.1, 0.15) is 24.1 Å². The fourth-order valence-corrected chi connectivity index (χ4v) is 6.89. The minimum absolute atomic E-state index is 0.0778. The molecule has 1 aliphatic carbocycles. The summed E-state index contributed by atoms with van der Waals surface area (Å²) in [7, 11) is -4.21. The summed E-state index contributed by atoms with van der Waals surface area (Å²) in [5.74, 6) is -0.0981. The quantitative estimate of drug-likeness (QED) is 0.358. The van der Waals surface area contributed by atoms with E-state index >= 15 is 0 Å². The molecule has 1 spiro atoms. The Morgan fingerprint density at radius 3 is 2.43 bits per heavy atom. The lowest BCUT2D eigenvalue weighted by atomic mass is 9.85. The molecule has 2 aromatic carbocycles. The van der Waals surface area contributed by atoms with Crippen molar-refractivity contribution in [1.82, 2.24) is 14.6 Å². The molecule has 0 radical (unpaired) electrons. The highest BCUT2D eigenvalue weighted by molar-refractivity contribution is 7.89. The molecule has 2 aliphatic rings. The first kappa shape index (κ1) is 30.4. The molecule has 0 saturated heterocycles. The lowest BCUT2D eigenvalue weighted by molar-refractivity contribution is -0.137. The van der Waals surface area contributed by atoms with Gasteiger partial charge in [0.25, 0.3) is 0 Å². The van der Waals surface area contributed by atoms with Crippen LogP contribution in [-0.2, 0) is 22.7 Å². The number of hydrogen-bond donors (Lipinski definition) is 4. The number of halogens is 3. The standard InChI is InChI=1S/C29H32F3N3O6S/c30-29(31,32)21-5-3-4-19(10-21)20-7-8-27-26(11-20)41-18-28(12-24(37)25(38)13-28)17-35(15-22-6-1-2-9-33-22)16-23(36)14-34-42(27,39)40/h1-11,23-25,34,36-38H,12-18H2/t23-,24-,25+,28?/m0/s1. The number of aliphatic hydroxyl groups is 3. The molecular weight excluding hydrogens is 575 g/mol. The van der Waals surface area contributed by atoms with Gasteiger partial charge >= 0.3 is 6.18 Å². The summed E-state index contributed by atoms with van der Waals surface area (Å²) < 4.78 is 75.3. The molecule has 4 atom stereocenters. The van der Waals surface area contributed by atoms with Gasteiger partial charge < -0.3 is 20.1 Å². The Balaban J connectivity index is 1.54. The van der Waals surface area contributed by atoms with Crippen LogP contribution in [0.3, 0.4) is 0 Å². The van der Waals surface area contributed by atoms with Crippen LogP contribution >= 0.6 is 0 Å². The van der Waals surface area contributed by atoms with Crippen LogP contribution in [0.15, 0.2) is 71.8 Å². The number of fused-ring (bicyclic) bond motifs is 1. The van der Waals surface area contributed by atoms with Gasteiger partial charge in [0.05, 0.1) is 36.2 Å². The van der Waals surface area contributed by atoms with Crippen molar-refractivity contribution in [2.75, 3.05) is 26.2 Å². The highest BCUT2D eigenvalue weighted by Crippen LogP contribution is 2.42. The molecule has 1 saturated carbocycles. The summed E-state index contributed by atoms with van der Waals surface area (Å²) in [6.45, 7) is 0.256. The topological polar surface area (TPSA) is 132 Å². The zero-order valence-electron chi connectivity index (χ0n) is 22.5. The van der Waals surface area contributed by atoms with E-state index in [-0.39, 0.29) is 55.3 Å². The van der Waals surface area contributed by atoms with Crippen LogP contribution in [0.4, 0.5) is 13.2 Å². The van der Waals surface area contributed by atoms with Crippen LogP contribution in [-0.4, -0.2) is 78.2 Å². The number of alkyl halides is 3. The molecule has 1 aromatic heterocycles. The van der Waals surface area contributed by atoms with Crippen LogP contribution in [0.2, 0.25) is 0 Å². The van der Waals surface area contributed by atoms with Crippen LogP contribution in [0.25, 0.3) is 11.1 Å². The maximum absolute atomic E-state index is 13.4. The molecular formula is C29H32F3N3O6S. The van der Waals surface area contributed by atoms with Crippen molar-refractivity contribution in [3.8, 4) is 16.9 Å². The lowest BCUT2D eigenvalue weighted by Crippen LogP contribution is -2.46. The molecule has 13 heteroatoms. The first-order valence-electron chi connectivity index (χ1n) is 13.4. The van der Waals surface area contributed by atoms with Gasteiger partial charge in [0, 0.05) is 37.8 Å². The van der Waals surface area contributed by atoms with Crippen LogP contribution < -0.4 is 9.46 Å². The third-order valence-electron chi connectivity index (χ3n) is 7.67. The molecule has 42 heavy (non-hydrogen) atoms. The number of rotatable bonds is 3. The normalized spacial score (nSPS) is 27.0. The van der Waals surface area contributed by atoms with Gasteiger partial charge in [0.2, 0.25) is 10.0 Å². The Hall–Kier alpha value is -3.07. The molecule has 0 amide bonds. The Bertz CT molecular complexity index is 1500. The van der Waals surface area contributed by atoms with Gasteiger partial charge in [0.1, 0.15) is 10.6 Å². The van der Waals surface area contributed by atoms with E-state index in [0.29, 0.717) is 17.8 Å². The number of ether oxygens (including phenoxy) is 1. The average molecular weight is 608 g/mol. The summed E-state index contributed by atoms with van der Waals surface area (Å²) >= 11 is 0. The highest BCUT2D eigenvalue weighted by Gasteiger charge is 2.46.